The van der Waals surface area contributed by atoms with Gasteiger partial charge < -0.3 is 10.2 Å². The zero-order chi connectivity index (χ0) is 17.8. The number of rotatable bonds is 16. The van der Waals surface area contributed by atoms with Gasteiger partial charge in [0.05, 0.1) is 6.10 Å². The molecule has 0 aromatic carbocycles. The van der Waals surface area contributed by atoms with Gasteiger partial charge in [0.1, 0.15) is 0 Å². The van der Waals surface area contributed by atoms with Crippen molar-refractivity contribution in [1.29, 1.82) is 0 Å². The molecule has 0 aromatic rings. The first-order valence-electron chi connectivity index (χ1n) is 9.56. The van der Waals surface area contributed by atoms with E-state index >= 15 is 0 Å². The Morgan fingerprint density at radius 2 is 1.17 bits per heavy atom. The van der Waals surface area contributed by atoms with Crippen LogP contribution in [0.3, 0.4) is 0 Å². The number of aliphatic carboxylic acids is 1. The van der Waals surface area contributed by atoms with Crippen LogP contribution in [-0.4, -0.2) is 22.3 Å². The Morgan fingerprint density at radius 3 is 1.61 bits per heavy atom. The molecule has 0 saturated heterocycles. The van der Waals surface area contributed by atoms with Gasteiger partial charge in [0.2, 0.25) is 0 Å². The van der Waals surface area contributed by atoms with Crippen LogP contribution in [0.4, 0.5) is 0 Å². The Bertz CT molecular complexity index is 241. The predicted molar refractivity (Wildman–Crippen MR) is 99.8 cm³/mol. The lowest BCUT2D eigenvalue weighted by atomic mass is 10.0. The van der Waals surface area contributed by atoms with Crippen molar-refractivity contribution in [2.24, 2.45) is 0 Å². The molecule has 138 valence electrons. The largest absolute Gasteiger partial charge is 0.481 e. The molecule has 0 heterocycles. The van der Waals surface area contributed by atoms with E-state index in [-0.39, 0.29) is 6.10 Å². The highest BCUT2D eigenvalue weighted by atomic mass is 16.4. The van der Waals surface area contributed by atoms with Crippen LogP contribution in [-0.2, 0) is 4.79 Å². The van der Waals surface area contributed by atoms with Gasteiger partial charge in [-0.3, -0.25) is 4.79 Å². The number of hydrogen-bond acceptors (Lipinski definition) is 2. The van der Waals surface area contributed by atoms with Gasteiger partial charge in [0, 0.05) is 6.42 Å². The van der Waals surface area contributed by atoms with E-state index in [4.69, 9.17) is 5.11 Å². The molecule has 23 heavy (non-hydrogen) atoms. The lowest BCUT2D eigenvalue weighted by Gasteiger charge is -2.10. The molecule has 0 amide bonds. The molecular weight excluding hydrogens is 288 g/mol. The van der Waals surface area contributed by atoms with Crippen molar-refractivity contribution in [3.63, 3.8) is 0 Å². The fourth-order valence-corrected chi connectivity index (χ4v) is 2.67. The van der Waals surface area contributed by atoms with E-state index < -0.39 is 5.97 Å². The fourth-order valence-electron chi connectivity index (χ4n) is 2.67. The Balaban J connectivity index is 0. The third-order valence-electron chi connectivity index (χ3n) is 4.07. The van der Waals surface area contributed by atoms with Crippen LogP contribution in [0, 0.1) is 0 Å². The van der Waals surface area contributed by atoms with Crippen LogP contribution in [0.1, 0.15) is 103 Å². The van der Waals surface area contributed by atoms with Crippen molar-refractivity contribution in [3.05, 3.63) is 13.2 Å². The molecule has 3 heteroatoms. The summed E-state index contributed by atoms with van der Waals surface area (Å²) in [7, 11) is 0. The van der Waals surface area contributed by atoms with Gasteiger partial charge in [-0.1, -0.05) is 77.6 Å². The van der Waals surface area contributed by atoms with Crippen LogP contribution in [0.25, 0.3) is 0 Å². The van der Waals surface area contributed by atoms with Gasteiger partial charge in [-0.05, 0) is 19.3 Å². The van der Waals surface area contributed by atoms with Crippen molar-refractivity contribution in [2.75, 3.05) is 0 Å². The number of carboxylic acids is 1. The summed E-state index contributed by atoms with van der Waals surface area (Å²) >= 11 is 0. The summed E-state index contributed by atoms with van der Waals surface area (Å²) < 4.78 is 0. The highest BCUT2D eigenvalue weighted by Crippen LogP contribution is 2.14. The minimum Gasteiger partial charge on any atom is -0.481 e. The van der Waals surface area contributed by atoms with Gasteiger partial charge in [0.25, 0.3) is 0 Å². The van der Waals surface area contributed by atoms with E-state index in [2.05, 4.69) is 20.1 Å². The molecule has 0 saturated carbocycles. The minimum absolute atomic E-state index is 0.0853. The predicted octanol–water partition coefficient (Wildman–Crippen LogP) is 6.11. The summed E-state index contributed by atoms with van der Waals surface area (Å²) in [5, 5.41) is 18.4. The lowest BCUT2D eigenvalue weighted by Crippen LogP contribution is -2.05. The molecule has 0 rings (SSSR count). The molecule has 0 aliphatic rings. The van der Waals surface area contributed by atoms with Crippen LogP contribution < -0.4 is 0 Å². The first-order valence-corrected chi connectivity index (χ1v) is 9.56. The SMILES string of the molecule is C=C.CCCCCCC(O)CCCCCCCCCCC(=O)O. The van der Waals surface area contributed by atoms with Gasteiger partial charge in [0.15, 0.2) is 0 Å². The normalized spacial score (nSPS) is 11.6. The quantitative estimate of drug-likeness (QED) is 0.265. The molecule has 0 spiro atoms. The fraction of sp³-hybridized carbons (Fsp3) is 0.850. The van der Waals surface area contributed by atoms with Crippen molar-refractivity contribution < 1.29 is 15.0 Å². The third kappa shape index (κ3) is 23.6. The monoisotopic (exact) mass is 328 g/mol. The standard InChI is InChI=1S/C18H36O3.C2H4/c1-2-3-4-11-14-17(19)15-12-9-7-5-6-8-10-13-16-18(20)21;1-2/h17,19H,2-16H2,1H3,(H,20,21);1-2H2. The number of carbonyl (C=O) groups is 1. The molecule has 0 aliphatic carbocycles. The first-order chi connectivity index (χ1) is 11.2. The van der Waals surface area contributed by atoms with Crippen LogP contribution in [0.5, 0.6) is 0 Å². The smallest absolute Gasteiger partial charge is 0.303 e. The lowest BCUT2D eigenvalue weighted by molar-refractivity contribution is -0.137. The Kier molecular flexibility index (Phi) is 22.5. The van der Waals surface area contributed by atoms with E-state index in [0.29, 0.717) is 6.42 Å². The molecule has 1 atom stereocenters. The second kappa shape index (κ2) is 21.2. The maximum absolute atomic E-state index is 10.3. The van der Waals surface area contributed by atoms with E-state index in [1.54, 1.807) is 0 Å². The maximum atomic E-state index is 10.3. The van der Waals surface area contributed by atoms with Gasteiger partial charge >= 0.3 is 5.97 Å². The van der Waals surface area contributed by atoms with Crippen molar-refractivity contribution >= 4 is 5.97 Å². The highest BCUT2D eigenvalue weighted by Gasteiger charge is 2.03. The molecule has 0 fully saturated rings. The third-order valence-corrected chi connectivity index (χ3v) is 4.07. The summed E-state index contributed by atoms with van der Waals surface area (Å²) in [5.74, 6) is -0.678. The van der Waals surface area contributed by atoms with Crippen LogP contribution in [0.2, 0.25) is 0 Å². The molecule has 0 bridgehead atoms. The summed E-state index contributed by atoms with van der Waals surface area (Å²) in [4.78, 5) is 10.3. The molecule has 2 N–H and O–H groups in total. The zero-order valence-corrected chi connectivity index (χ0v) is 15.4. The van der Waals surface area contributed by atoms with Crippen LogP contribution in [0.15, 0.2) is 13.2 Å². The topological polar surface area (TPSA) is 57.5 Å². The maximum Gasteiger partial charge on any atom is 0.303 e. The molecule has 3 nitrogen and oxygen atoms in total. The van der Waals surface area contributed by atoms with Gasteiger partial charge in [-0.15, -0.1) is 13.2 Å². The average Bonchev–Trinajstić information content (AvgIpc) is 2.55. The summed E-state index contributed by atoms with van der Waals surface area (Å²) in [6, 6.07) is 0. The average molecular weight is 329 g/mol. The van der Waals surface area contributed by atoms with Crippen molar-refractivity contribution in [3.8, 4) is 0 Å². The molecule has 0 radical (unpaired) electrons. The Morgan fingerprint density at radius 1 is 0.783 bits per heavy atom. The zero-order valence-electron chi connectivity index (χ0n) is 15.4. The highest BCUT2D eigenvalue weighted by molar-refractivity contribution is 5.66. The number of carboxylic acid groups (broad SMARTS) is 1. The number of hydrogen-bond donors (Lipinski definition) is 2. The van der Waals surface area contributed by atoms with E-state index in [0.717, 1.165) is 38.5 Å². The second-order valence-electron chi connectivity index (χ2n) is 6.26. The number of unbranched alkanes of at least 4 members (excludes halogenated alkanes) is 10. The van der Waals surface area contributed by atoms with E-state index in [1.807, 2.05) is 0 Å². The number of aliphatic hydroxyl groups excluding tert-OH is 1. The molecular formula is C20H40O3. The Hall–Kier alpha value is -0.830. The van der Waals surface area contributed by atoms with Gasteiger partial charge in [-0.2, -0.15) is 0 Å². The molecule has 1 unspecified atom stereocenters. The van der Waals surface area contributed by atoms with Gasteiger partial charge in [-0.25, -0.2) is 0 Å². The summed E-state index contributed by atoms with van der Waals surface area (Å²) in [5.41, 5.74) is 0. The summed E-state index contributed by atoms with van der Waals surface area (Å²) in [6.45, 7) is 8.21. The van der Waals surface area contributed by atoms with Crippen molar-refractivity contribution in [2.45, 2.75) is 109 Å². The molecule has 0 aromatic heterocycles. The molecule has 0 aliphatic heterocycles. The second-order valence-corrected chi connectivity index (χ2v) is 6.26. The van der Waals surface area contributed by atoms with Crippen LogP contribution >= 0.6 is 0 Å². The minimum atomic E-state index is -0.678. The summed E-state index contributed by atoms with van der Waals surface area (Å²) in [6.07, 6.45) is 16.3. The van der Waals surface area contributed by atoms with Crippen molar-refractivity contribution in [1.82, 2.24) is 0 Å². The van der Waals surface area contributed by atoms with E-state index in [9.17, 15) is 9.90 Å². The Labute approximate surface area is 144 Å². The number of aliphatic hydroxyl groups is 1. The van der Waals surface area contributed by atoms with E-state index in [1.165, 1.54) is 51.4 Å². The first kappa shape index (κ1) is 24.4.